The Labute approximate surface area is 132 Å². The summed E-state index contributed by atoms with van der Waals surface area (Å²) >= 11 is 7.59. The van der Waals surface area contributed by atoms with E-state index in [4.69, 9.17) is 11.6 Å². The molecule has 0 saturated carbocycles. The fourth-order valence-electron chi connectivity index (χ4n) is 1.93. The Hall–Kier alpha value is -1.85. The van der Waals surface area contributed by atoms with E-state index < -0.39 is 0 Å². The lowest BCUT2D eigenvalue weighted by molar-refractivity contribution is 0.603. The predicted octanol–water partition coefficient (Wildman–Crippen LogP) is 3.67. The van der Waals surface area contributed by atoms with Crippen molar-refractivity contribution in [3.63, 3.8) is 0 Å². The van der Waals surface area contributed by atoms with Crippen LogP contribution in [0.5, 0.6) is 0 Å². The van der Waals surface area contributed by atoms with Crippen LogP contribution in [0.4, 0.5) is 0 Å². The smallest absolute Gasteiger partial charge is 0.209 e. The Morgan fingerprint density at radius 1 is 1.00 bits per heavy atom. The molecule has 1 aromatic heterocycles. The molecule has 4 nitrogen and oxygen atoms in total. The summed E-state index contributed by atoms with van der Waals surface area (Å²) in [5.74, 6) is 0.787. The average Bonchev–Trinajstić information content (AvgIpc) is 2.93. The van der Waals surface area contributed by atoms with Crippen LogP contribution in [0.3, 0.4) is 0 Å². The van der Waals surface area contributed by atoms with Crippen LogP contribution in [0, 0.1) is 0 Å². The number of benzene rings is 2. The van der Waals surface area contributed by atoms with Crippen LogP contribution in [0.2, 0.25) is 5.02 Å². The normalized spacial score (nSPS) is 10.7. The number of aromatic nitrogens is 4. The number of hydrogen-bond donors (Lipinski definition) is 0. The third-order valence-electron chi connectivity index (χ3n) is 2.93. The SMILES string of the molecule is Clc1cccc(CSc2nnnn2Cc2ccccc2)c1. The molecule has 21 heavy (non-hydrogen) atoms. The number of halogens is 1. The van der Waals surface area contributed by atoms with E-state index in [0.717, 1.165) is 21.5 Å². The van der Waals surface area contributed by atoms with Gasteiger partial charge in [0.25, 0.3) is 0 Å². The summed E-state index contributed by atoms with van der Waals surface area (Å²) in [7, 11) is 0. The highest BCUT2D eigenvalue weighted by atomic mass is 35.5. The van der Waals surface area contributed by atoms with Gasteiger partial charge in [-0.15, -0.1) is 5.10 Å². The molecular formula is C15H13ClN4S. The Balaban J connectivity index is 1.68. The largest absolute Gasteiger partial charge is 0.216 e. The van der Waals surface area contributed by atoms with Gasteiger partial charge in [-0.05, 0) is 33.7 Å². The van der Waals surface area contributed by atoms with Gasteiger partial charge in [0.1, 0.15) is 0 Å². The first-order valence-corrected chi connectivity index (χ1v) is 7.85. The Morgan fingerprint density at radius 3 is 2.62 bits per heavy atom. The molecule has 0 atom stereocenters. The minimum absolute atomic E-state index is 0.672. The summed E-state index contributed by atoms with van der Waals surface area (Å²) in [5.41, 5.74) is 2.33. The maximum Gasteiger partial charge on any atom is 0.209 e. The van der Waals surface area contributed by atoms with E-state index in [2.05, 4.69) is 27.7 Å². The zero-order chi connectivity index (χ0) is 14.5. The van der Waals surface area contributed by atoms with Crippen LogP contribution < -0.4 is 0 Å². The summed E-state index contributed by atoms with van der Waals surface area (Å²) in [4.78, 5) is 0. The van der Waals surface area contributed by atoms with Crippen molar-refractivity contribution in [3.8, 4) is 0 Å². The van der Waals surface area contributed by atoms with E-state index in [9.17, 15) is 0 Å². The van der Waals surface area contributed by atoms with Gasteiger partial charge in [0.05, 0.1) is 6.54 Å². The summed E-state index contributed by atoms with van der Waals surface area (Å²) in [6.45, 7) is 0.672. The summed E-state index contributed by atoms with van der Waals surface area (Å²) < 4.78 is 1.81. The Bertz CT molecular complexity index is 714. The molecule has 1 heterocycles. The molecule has 3 rings (SSSR count). The van der Waals surface area contributed by atoms with Crippen LogP contribution in [-0.4, -0.2) is 20.2 Å². The van der Waals surface area contributed by atoms with Crippen molar-refractivity contribution in [2.75, 3.05) is 0 Å². The highest BCUT2D eigenvalue weighted by molar-refractivity contribution is 7.98. The molecule has 106 valence electrons. The van der Waals surface area contributed by atoms with E-state index in [1.54, 1.807) is 11.8 Å². The van der Waals surface area contributed by atoms with Gasteiger partial charge >= 0.3 is 0 Å². The molecule has 3 aromatic rings. The zero-order valence-corrected chi connectivity index (χ0v) is 12.8. The van der Waals surface area contributed by atoms with Gasteiger partial charge in [-0.3, -0.25) is 0 Å². The summed E-state index contributed by atoms with van der Waals surface area (Å²) in [6, 6.07) is 18.0. The number of hydrogen-bond acceptors (Lipinski definition) is 4. The van der Waals surface area contributed by atoms with Crippen LogP contribution in [0.15, 0.2) is 59.8 Å². The monoisotopic (exact) mass is 316 g/mol. The topological polar surface area (TPSA) is 43.6 Å². The standard InChI is InChI=1S/C15H13ClN4S/c16-14-8-4-7-13(9-14)11-21-15-17-18-19-20(15)10-12-5-2-1-3-6-12/h1-9H,10-11H2. The number of thioether (sulfide) groups is 1. The molecule has 0 aliphatic rings. The van der Waals surface area contributed by atoms with Gasteiger partial charge in [-0.1, -0.05) is 65.8 Å². The summed E-state index contributed by atoms with van der Waals surface area (Å²) in [6.07, 6.45) is 0. The molecule has 0 unspecified atom stereocenters. The minimum atomic E-state index is 0.672. The molecule has 0 saturated heterocycles. The molecule has 0 aliphatic carbocycles. The van der Waals surface area contributed by atoms with E-state index in [1.807, 2.05) is 47.1 Å². The van der Waals surface area contributed by atoms with E-state index >= 15 is 0 Å². The second-order valence-corrected chi connectivity index (χ2v) is 5.90. The first-order chi connectivity index (χ1) is 10.3. The van der Waals surface area contributed by atoms with E-state index in [1.165, 1.54) is 5.56 Å². The minimum Gasteiger partial charge on any atom is -0.216 e. The van der Waals surface area contributed by atoms with Crippen LogP contribution in [0.1, 0.15) is 11.1 Å². The molecule has 0 spiro atoms. The van der Waals surface area contributed by atoms with Crippen molar-refractivity contribution in [2.24, 2.45) is 0 Å². The van der Waals surface area contributed by atoms with Crippen molar-refractivity contribution in [3.05, 3.63) is 70.7 Å². The maximum atomic E-state index is 5.99. The molecule has 0 aliphatic heterocycles. The fourth-order valence-corrected chi connectivity index (χ4v) is 2.96. The molecule has 0 radical (unpaired) electrons. The highest BCUT2D eigenvalue weighted by Crippen LogP contribution is 2.22. The van der Waals surface area contributed by atoms with Gasteiger partial charge in [0.15, 0.2) is 0 Å². The van der Waals surface area contributed by atoms with Crippen LogP contribution in [-0.2, 0) is 12.3 Å². The summed E-state index contributed by atoms with van der Waals surface area (Å²) in [5, 5.41) is 13.4. The van der Waals surface area contributed by atoms with Gasteiger partial charge in [-0.2, -0.15) is 0 Å². The molecule has 2 aromatic carbocycles. The third-order valence-corrected chi connectivity index (χ3v) is 4.19. The lowest BCUT2D eigenvalue weighted by atomic mass is 10.2. The van der Waals surface area contributed by atoms with Crippen LogP contribution in [0.25, 0.3) is 0 Å². The zero-order valence-electron chi connectivity index (χ0n) is 11.2. The molecule has 0 bridgehead atoms. The van der Waals surface area contributed by atoms with Gasteiger partial charge in [0, 0.05) is 10.8 Å². The predicted molar refractivity (Wildman–Crippen MR) is 84.4 cm³/mol. The van der Waals surface area contributed by atoms with Crippen molar-refractivity contribution >= 4 is 23.4 Å². The van der Waals surface area contributed by atoms with E-state index in [-0.39, 0.29) is 0 Å². The number of tetrazole rings is 1. The van der Waals surface area contributed by atoms with Crippen LogP contribution >= 0.6 is 23.4 Å². The molecule has 0 fully saturated rings. The van der Waals surface area contributed by atoms with Crippen molar-refractivity contribution in [2.45, 2.75) is 17.5 Å². The Kier molecular flexibility index (Phi) is 4.52. The molecular weight excluding hydrogens is 304 g/mol. The maximum absolute atomic E-state index is 5.99. The molecule has 6 heteroatoms. The van der Waals surface area contributed by atoms with E-state index in [0.29, 0.717) is 6.54 Å². The second kappa shape index (κ2) is 6.74. The van der Waals surface area contributed by atoms with Crippen molar-refractivity contribution in [1.29, 1.82) is 0 Å². The first kappa shape index (κ1) is 14.1. The third kappa shape index (κ3) is 3.83. The fraction of sp³-hybridized carbons (Fsp3) is 0.133. The van der Waals surface area contributed by atoms with Gasteiger partial charge in [-0.25, -0.2) is 4.68 Å². The first-order valence-electron chi connectivity index (χ1n) is 6.48. The number of rotatable bonds is 5. The quantitative estimate of drug-likeness (QED) is 0.674. The second-order valence-electron chi connectivity index (χ2n) is 4.52. The van der Waals surface area contributed by atoms with Gasteiger partial charge < -0.3 is 0 Å². The average molecular weight is 317 g/mol. The Morgan fingerprint density at radius 2 is 1.81 bits per heavy atom. The lowest BCUT2D eigenvalue weighted by Crippen LogP contribution is -2.03. The van der Waals surface area contributed by atoms with Crippen molar-refractivity contribution < 1.29 is 0 Å². The lowest BCUT2D eigenvalue weighted by Gasteiger charge is -2.05. The highest BCUT2D eigenvalue weighted by Gasteiger charge is 2.07. The van der Waals surface area contributed by atoms with Crippen molar-refractivity contribution in [1.82, 2.24) is 20.2 Å². The number of nitrogens with zero attached hydrogens (tertiary/aromatic N) is 4. The van der Waals surface area contributed by atoms with Gasteiger partial charge in [0.2, 0.25) is 5.16 Å². The molecule has 0 N–H and O–H groups in total. The molecule has 0 amide bonds.